The van der Waals surface area contributed by atoms with Crippen LogP contribution in [0.15, 0.2) is 29.6 Å². The minimum atomic E-state index is -0.216. The maximum atomic E-state index is 11.5. The van der Waals surface area contributed by atoms with Crippen molar-refractivity contribution in [3.05, 3.63) is 50.7 Å². The lowest BCUT2D eigenvalue weighted by Gasteiger charge is -2.14. The highest BCUT2D eigenvalue weighted by Gasteiger charge is 2.17. The van der Waals surface area contributed by atoms with Gasteiger partial charge in [0.05, 0.1) is 11.1 Å². The van der Waals surface area contributed by atoms with Gasteiger partial charge in [-0.1, -0.05) is 23.7 Å². The fourth-order valence-electron chi connectivity index (χ4n) is 2.47. The number of carbonyl (C=O) groups excluding carboxylic acids is 1. The summed E-state index contributed by atoms with van der Waals surface area (Å²) in [6.07, 6.45) is 2.34. The smallest absolute Gasteiger partial charge is 0.224 e. The van der Waals surface area contributed by atoms with Crippen molar-refractivity contribution in [1.29, 1.82) is 0 Å². The Labute approximate surface area is 126 Å². The van der Waals surface area contributed by atoms with E-state index in [1.807, 2.05) is 23.6 Å². The summed E-state index contributed by atoms with van der Waals surface area (Å²) in [6, 6.07) is 7.64. The lowest BCUT2D eigenvalue weighted by Crippen LogP contribution is -2.12. The molecule has 0 saturated heterocycles. The van der Waals surface area contributed by atoms with Gasteiger partial charge in [-0.15, -0.1) is 11.3 Å². The number of aryl methyl sites for hydroxylation is 1. The first-order chi connectivity index (χ1) is 9.65. The standard InChI is InChI=1S/C15H15ClN2OS/c16-11-6-7-20-15(11)14(17)10-4-5-12-9(8-10)2-1-3-13(19)18-12/h4-8,14H,1-3,17H2,(H,18,19). The zero-order valence-corrected chi connectivity index (χ0v) is 12.4. The van der Waals surface area contributed by atoms with Crippen molar-refractivity contribution in [3.63, 3.8) is 0 Å². The Morgan fingerprint density at radius 3 is 2.90 bits per heavy atom. The van der Waals surface area contributed by atoms with Crippen LogP contribution >= 0.6 is 22.9 Å². The number of hydrogen-bond acceptors (Lipinski definition) is 3. The van der Waals surface area contributed by atoms with Crippen molar-refractivity contribution < 1.29 is 4.79 Å². The summed E-state index contributed by atoms with van der Waals surface area (Å²) in [4.78, 5) is 12.5. The molecule has 3 rings (SSSR count). The number of thiophene rings is 1. The van der Waals surface area contributed by atoms with Gasteiger partial charge < -0.3 is 11.1 Å². The summed E-state index contributed by atoms with van der Waals surface area (Å²) >= 11 is 7.71. The molecule has 3 N–H and O–H groups in total. The van der Waals surface area contributed by atoms with Gasteiger partial charge in [0, 0.05) is 17.0 Å². The van der Waals surface area contributed by atoms with Crippen LogP contribution in [0.3, 0.4) is 0 Å². The van der Waals surface area contributed by atoms with Gasteiger partial charge in [0.2, 0.25) is 5.91 Å². The molecule has 1 atom stereocenters. The first-order valence-corrected chi connectivity index (χ1v) is 7.82. The molecule has 0 fully saturated rings. The summed E-state index contributed by atoms with van der Waals surface area (Å²) in [7, 11) is 0. The number of halogens is 1. The Hall–Kier alpha value is -1.36. The van der Waals surface area contributed by atoms with Crippen LogP contribution in [0.2, 0.25) is 5.02 Å². The van der Waals surface area contributed by atoms with E-state index in [2.05, 4.69) is 11.4 Å². The molecule has 1 aliphatic heterocycles. The van der Waals surface area contributed by atoms with E-state index in [0.29, 0.717) is 11.4 Å². The van der Waals surface area contributed by atoms with Crippen LogP contribution in [-0.2, 0) is 11.2 Å². The van der Waals surface area contributed by atoms with Gasteiger partial charge in [0.1, 0.15) is 0 Å². The maximum absolute atomic E-state index is 11.5. The average molecular weight is 307 g/mol. The van der Waals surface area contributed by atoms with Crippen molar-refractivity contribution in [1.82, 2.24) is 0 Å². The molecule has 0 radical (unpaired) electrons. The Morgan fingerprint density at radius 1 is 1.30 bits per heavy atom. The minimum absolute atomic E-state index is 0.0853. The Bertz CT molecular complexity index is 653. The zero-order valence-electron chi connectivity index (χ0n) is 10.9. The van der Waals surface area contributed by atoms with E-state index in [0.717, 1.165) is 34.5 Å². The van der Waals surface area contributed by atoms with Crippen molar-refractivity contribution in [2.75, 3.05) is 5.32 Å². The highest BCUT2D eigenvalue weighted by atomic mass is 35.5. The van der Waals surface area contributed by atoms with Crippen LogP contribution in [0, 0.1) is 0 Å². The molecule has 1 amide bonds. The quantitative estimate of drug-likeness (QED) is 0.888. The lowest BCUT2D eigenvalue weighted by atomic mass is 9.99. The van der Waals surface area contributed by atoms with E-state index < -0.39 is 0 Å². The molecule has 1 aromatic carbocycles. The summed E-state index contributed by atoms with van der Waals surface area (Å²) in [5, 5.41) is 5.59. The van der Waals surface area contributed by atoms with Crippen LogP contribution < -0.4 is 11.1 Å². The highest BCUT2D eigenvalue weighted by Crippen LogP contribution is 2.33. The molecule has 0 aliphatic carbocycles. The second-order valence-corrected chi connectivity index (χ2v) is 6.28. The van der Waals surface area contributed by atoms with Gasteiger partial charge in [-0.3, -0.25) is 4.79 Å². The molecule has 5 heteroatoms. The molecular formula is C15H15ClN2OS. The third-order valence-electron chi connectivity index (χ3n) is 3.54. The first kappa shape index (κ1) is 13.6. The van der Waals surface area contributed by atoms with Crippen molar-refractivity contribution in [2.24, 2.45) is 5.73 Å². The molecule has 1 unspecified atom stereocenters. The molecular weight excluding hydrogens is 292 g/mol. The van der Waals surface area contributed by atoms with Gasteiger partial charge in [-0.2, -0.15) is 0 Å². The number of hydrogen-bond donors (Lipinski definition) is 2. The maximum Gasteiger partial charge on any atom is 0.224 e. The molecule has 3 nitrogen and oxygen atoms in total. The molecule has 0 spiro atoms. The number of fused-ring (bicyclic) bond motifs is 1. The second-order valence-electron chi connectivity index (χ2n) is 4.93. The summed E-state index contributed by atoms with van der Waals surface area (Å²) in [6.45, 7) is 0. The molecule has 2 heterocycles. The average Bonchev–Trinajstić information content (AvgIpc) is 2.76. The van der Waals surface area contributed by atoms with Crippen LogP contribution in [0.4, 0.5) is 5.69 Å². The zero-order chi connectivity index (χ0) is 14.1. The molecule has 0 bridgehead atoms. The molecule has 0 saturated carbocycles. The van der Waals surface area contributed by atoms with E-state index in [1.54, 1.807) is 11.3 Å². The van der Waals surface area contributed by atoms with E-state index >= 15 is 0 Å². The van der Waals surface area contributed by atoms with Gasteiger partial charge in [0.25, 0.3) is 0 Å². The fourth-order valence-corrected chi connectivity index (χ4v) is 3.67. The van der Waals surface area contributed by atoms with E-state index in [-0.39, 0.29) is 11.9 Å². The number of nitrogens with one attached hydrogen (secondary N) is 1. The predicted molar refractivity (Wildman–Crippen MR) is 83.4 cm³/mol. The monoisotopic (exact) mass is 306 g/mol. The van der Waals surface area contributed by atoms with Gasteiger partial charge in [-0.05, 0) is 41.5 Å². The third-order valence-corrected chi connectivity index (χ3v) is 4.98. The SMILES string of the molecule is NC(c1ccc2c(c1)CCCC(=O)N2)c1sccc1Cl. The topological polar surface area (TPSA) is 55.1 Å². The van der Waals surface area contributed by atoms with Gasteiger partial charge in [-0.25, -0.2) is 0 Å². The first-order valence-electron chi connectivity index (χ1n) is 6.56. The van der Waals surface area contributed by atoms with Gasteiger partial charge >= 0.3 is 0 Å². The van der Waals surface area contributed by atoms with Crippen LogP contribution in [0.1, 0.15) is 34.9 Å². The second kappa shape index (κ2) is 5.56. The number of nitrogens with two attached hydrogens (primary N) is 1. The van der Waals surface area contributed by atoms with E-state index in [9.17, 15) is 4.79 Å². The number of rotatable bonds is 2. The number of anilines is 1. The van der Waals surface area contributed by atoms with Crippen molar-refractivity contribution >= 4 is 34.5 Å². The highest BCUT2D eigenvalue weighted by molar-refractivity contribution is 7.10. The Balaban J connectivity index is 1.94. The van der Waals surface area contributed by atoms with Crippen LogP contribution in [0.5, 0.6) is 0 Å². The molecule has 1 aliphatic rings. The molecule has 1 aromatic heterocycles. The molecule has 104 valence electrons. The summed E-state index contributed by atoms with van der Waals surface area (Å²) in [5.41, 5.74) is 9.38. The summed E-state index contributed by atoms with van der Waals surface area (Å²) in [5.74, 6) is 0.0853. The Morgan fingerprint density at radius 2 is 2.15 bits per heavy atom. The van der Waals surface area contributed by atoms with E-state index in [1.165, 1.54) is 0 Å². The molecule has 2 aromatic rings. The summed E-state index contributed by atoms with van der Waals surface area (Å²) < 4.78 is 0. The number of amides is 1. The van der Waals surface area contributed by atoms with Crippen LogP contribution in [0.25, 0.3) is 0 Å². The molecule has 20 heavy (non-hydrogen) atoms. The lowest BCUT2D eigenvalue weighted by molar-refractivity contribution is -0.116. The van der Waals surface area contributed by atoms with Crippen molar-refractivity contribution in [2.45, 2.75) is 25.3 Å². The largest absolute Gasteiger partial charge is 0.326 e. The van der Waals surface area contributed by atoms with E-state index in [4.69, 9.17) is 17.3 Å². The number of benzene rings is 1. The van der Waals surface area contributed by atoms with Gasteiger partial charge in [0.15, 0.2) is 0 Å². The fraction of sp³-hybridized carbons (Fsp3) is 0.267. The normalized spacial score (nSPS) is 16.2. The van der Waals surface area contributed by atoms with Crippen LogP contribution in [-0.4, -0.2) is 5.91 Å². The Kier molecular flexibility index (Phi) is 3.78. The van der Waals surface area contributed by atoms with Crippen molar-refractivity contribution in [3.8, 4) is 0 Å². The number of carbonyl (C=O) groups is 1. The predicted octanol–water partition coefficient (Wildman–Crippen LogP) is 3.72. The third kappa shape index (κ3) is 2.59. The minimum Gasteiger partial charge on any atom is -0.326 e.